The van der Waals surface area contributed by atoms with Gasteiger partial charge in [-0.05, 0) is 37.1 Å². The van der Waals surface area contributed by atoms with Crippen molar-refractivity contribution in [2.45, 2.75) is 32.2 Å². The van der Waals surface area contributed by atoms with Gasteiger partial charge in [-0.3, -0.25) is 0 Å². The van der Waals surface area contributed by atoms with Crippen LogP contribution in [0.3, 0.4) is 0 Å². The zero-order chi connectivity index (χ0) is 16.0. The summed E-state index contributed by atoms with van der Waals surface area (Å²) >= 11 is 0. The molecule has 2 unspecified atom stereocenters. The molecule has 0 aliphatic carbocycles. The fourth-order valence-electron chi connectivity index (χ4n) is 1.77. The van der Waals surface area contributed by atoms with E-state index in [0.717, 1.165) is 11.1 Å². The summed E-state index contributed by atoms with van der Waals surface area (Å²) < 4.78 is 41.5. The maximum absolute atomic E-state index is 12.0. The van der Waals surface area contributed by atoms with E-state index >= 15 is 0 Å². The highest BCUT2D eigenvalue weighted by molar-refractivity contribution is 5.32. The summed E-state index contributed by atoms with van der Waals surface area (Å²) in [7, 11) is 0. The third kappa shape index (κ3) is 6.79. The second-order valence-electron chi connectivity index (χ2n) is 5.00. The summed E-state index contributed by atoms with van der Waals surface area (Å²) in [6.07, 6.45) is -8.07. The van der Waals surface area contributed by atoms with Crippen molar-refractivity contribution in [3.63, 3.8) is 0 Å². The number of aliphatic hydroxyl groups excluding tert-OH is 2. The molecule has 0 saturated heterocycles. The molecular weight excluding hydrogens is 287 g/mol. The Labute approximate surface area is 121 Å². The van der Waals surface area contributed by atoms with Crippen molar-refractivity contribution in [1.82, 2.24) is 5.32 Å². The molecule has 3 N–H and O–H groups in total. The lowest BCUT2D eigenvalue weighted by Gasteiger charge is -2.17. The van der Waals surface area contributed by atoms with Gasteiger partial charge in [-0.2, -0.15) is 13.2 Å². The molecule has 0 aliphatic rings. The number of aliphatic hydroxyl groups is 2. The van der Waals surface area contributed by atoms with Crippen molar-refractivity contribution in [1.29, 1.82) is 0 Å². The lowest BCUT2D eigenvalue weighted by molar-refractivity contribution is -0.202. The molecule has 0 saturated carbocycles. The first-order valence-electron chi connectivity index (χ1n) is 6.53. The molecule has 0 bridgehead atoms. The van der Waals surface area contributed by atoms with E-state index in [1.807, 2.05) is 19.9 Å². The smallest absolute Gasteiger partial charge is 0.415 e. The number of rotatable bonds is 7. The summed E-state index contributed by atoms with van der Waals surface area (Å²) in [5.74, 6) is 0.599. The van der Waals surface area contributed by atoms with Gasteiger partial charge in [-0.1, -0.05) is 6.07 Å². The molecule has 1 rings (SSSR count). The largest absolute Gasteiger partial charge is 0.491 e. The Morgan fingerprint density at radius 3 is 2.19 bits per heavy atom. The van der Waals surface area contributed by atoms with Crippen LogP contribution >= 0.6 is 0 Å². The molecule has 0 amide bonds. The standard InChI is InChI=1S/C14H20F3NO3/c1-9-3-10(2)5-12(4-9)21-8-11(19)6-18-7-13(20)14(15,16)17/h3-5,11,13,18-20H,6-8H2,1-2H3. The minimum atomic E-state index is -4.66. The van der Waals surface area contributed by atoms with Gasteiger partial charge in [0, 0.05) is 13.1 Å². The monoisotopic (exact) mass is 307 g/mol. The number of nitrogens with one attached hydrogen (secondary N) is 1. The Morgan fingerprint density at radius 1 is 1.10 bits per heavy atom. The van der Waals surface area contributed by atoms with Crippen molar-refractivity contribution >= 4 is 0 Å². The van der Waals surface area contributed by atoms with Gasteiger partial charge in [0.05, 0.1) is 0 Å². The molecule has 1 aromatic carbocycles. The van der Waals surface area contributed by atoms with Gasteiger partial charge in [-0.15, -0.1) is 0 Å². The Morgan fingerprint density at radius 2 is 1.67 bits per heavy atom. The Kier molecular flexibility index (Phi) is 6.44. The molecule has 0 spiro atoms. The zero-order valence-corrected chi connectivity index (χ0v) is 11.9. The molecule has 7 heteroatoms. The summed E-state index contributed by atoms with van der Waals surface area (Å²) in [6, 6.07) is 5.59. The number of halogens is 3. The highest BCUT2D eigenvalue weighted by Gasteiger charge is 2.37. The molecule has 21 heavy (non-hydrogen) atoms. The lowest BCUT2D eigenvalue weighted by Crippen LogP contribution is -2.41. The number of hydrogen-bond acceptors (Lipinski definition) is 4. The van der Waals surface area contributed by atoms with Crippen LogP contribution in [-0.2, 0) is 0 Å². The van der Waals surface area contributed by atoms with E-state index < -0.39 is 24.9 Å². The fourth-order valence-corrected chi connectivity index (χ4v) is 1.77. The molecule has 4 nitrogen and oxygen atoms in total. The molecule has 1 aromatic rings. The van der Waals surface area contributed by atoms with Crippen LogP contribution < -0.4 is 10.1 Å². The van der Waals surface area contributed by atoms with Crippen molar-refractivity contribution < 1.29 is 28.1 Å². The highest BCUT2D eigenvalue weighted by Crippen LogP contribution is 2.19. The normalized spacial score (nSPS) is 14.8. The Hall–Kier alpha value is -1.31. The Balaban J connectivity index is 2.29. The summed E-state index contributed by atoms with van der Waals surface area (Å²) in [4.78, 5) is 0. The average molecular weight is 307 g/mol. The quantitative estimate of drug-likeness (QED) is 0.715. The second-order valence-corrected chi connectivity index (χ2v) is 5.00. The molecule has 0 fully saturated rings. The zero-order valence-electron chi connectivity index (χ0n) is 11.9. The first-order chi connectivity index (χ1) is 9.68. The van der Waals surface area contributed by atoms with Crippen molar-refractivity contribution in [2.75, 3.05) is 19.7 Å². The van der Waals surface area contributed by atoms with Gasteiger partial charge < -0.3 is 20.3 Å². The topological polar surface area (TPSA) is 61.7 Å². The lowest BCUT2D eigenvalue weighted by atomic mass is 10.1. The van der Waals surface area contributed by atoms with Gasteiger partial charge in [0.25, 0.3) is 0 Å². The van der Waals surface area contributed by atoms with E-state index in [0.29, 0.717) is 5.75 Å². The van der Waals surface area contributed by atoms with Crippen LogP contribution in [0, 0.1) is 13.8 Å². The van der Waals surface area contributed by atoms with E-state index in [1.54, 1.807) is 12.1 Å². The van der Waals surface area contributed by atoms with Crippen LogP contribution in [0.4, 0.5) is 13.2 Å². The molecular formula is C14H20F3NO3. The second kappa shape index (κ2) is 7.63. The van der Waals surface area contributed by atoms with Crippen LogP contribution in [0.1, 0.15) is 11.1 Å². The molecule has 0 aliphatic heterocycles. The maximum Gasteiger partial charge on any atom is 0.415 e. The minimum absolute atomic E-state index is 0.0436. The summed E-state index contributed by atoms with van der Waals surface area (Å²) in [5, 5.41) is 20.7. The van der Waals surface area contributed by atoms with Gasteiger partial charge >= 0.3 is 6.18 Å². The van der Waals surface area contributed by atoms with Crippen LogP contribution in [-0.4, -0.2) is 48.3 Å². The number of alkyl halides is 3. The third-order valence-electron chi connectivity index (χ3n) is 2.73. The SMILES string of the molecule is Cc1cc(C)cc(OCC(O)CNCC(O)C(F)(F)F)c1. The number of benzene rings is 1. The summed E-state index contributed by atoms with van der Waals surface area (Å²) in [5.41, 5.74) is 2.04. The van der Waals surface area contributed by atoms with Crippen molar-refractivity contribution in [3.8, 4) is 5.75 Å². The predicted molar refractivity (Wildman–Crippen MR) is 72.3 cm³/mol. The maximum atomic E-state index is 12.0. The van der Waals surface area contributed by atoms with Gasteiger partial charge in [0.2, 0.25) is 0 Å². The first-order valence-corrected chi connectivity index (χ1v) is 6.53. The average Bonchev–Trinajstić information content (AvgIpc) is 2.34. The predicted octanol–water partition coefficient (Wildman–Crippen LogP) is 1.56. The van der Waals surface area contributed by atoms with E-state index in [2.05, 4.69) is 5.32 Å². The fraction of sp³-hybridized carbons (Fsp3) is 0.571. The van der Waals surface area contributed by atoms with Crippen LogP contribution in [0.5, 0.6) is 5.75 Å². The van der Waals surface area contributed by atoms with Crippen LogP contribution in [0.2, 0.25) is 0 Å². The number of hydrogen-bond donors (Lipinski definition) is 3. The van der Waals surface area contributed by atoms with Crippen molar-refractivity contribution in [3.05, 3.63) is 29.3 Å². The molecule has 0 radical (unpaired) electrons. The highest BCUT2D eigenvalue weighted by atomic mass is 19.4. The van der Waals surface area contributed by atoms with E-state index in [9.17, 15) is 18.3 Å². The minimum Gasteiger partial charge on any atom is -0.491 e. The van der Waals surface area contributed by atoms with Gasteiger partial charge in [0.1, 0.15) is 18.5 Å². The number of aryl methyl sites for hydroxylation is 2. The van der Waals surface area contributed by atoms with E-state index in [-0.39, 0.29) is 13.2 Å². The van der Waals surface area contributed by atoms with Gasteiger partial charge in [-0.25, -0.2) is 0 Å². The third-order valence-corrected chi connectivity index (χ3v) is 2.73. The van der Waals surface area contributed by atoms with Crippen LogP contribution in [0.25, 0.3) is 0 Å². The van der Waals surface area contributed by atoms with E-state index in [1.165, 1.54) is 0 Å². The van der Waals surface area contributed by atoms with Crippen molar-refractivity contribution in [2.24, 2.45) is 0 Å². The van der Waals surface area contributed by atoms with Gasteiger partial charge in [0.15, 0.2) is 6.10 Å². The Bertz CT molecular complexity index is 431. The van der Waals surface area contributed by atoms with Crippen LogP contribution in [0.15, 0.2) is 18.2 Å². The molecule has 120 valence electrons. The molecule has 2 atom stereocenters. The first kappa shape index (κ1) is 17.7. The van der Waals surface area contributed by atoms with E-state index in [4.69, 9.17) is 9.84 Å². The molecule has 0 heterocycles. The number of ether oxygens (including phenoxy) is 1. The summed E-state index contributed by atoms with van der Waals surface area (Å²) in [6.45, 7) is 3.02. The molecule has 0 aromatic heterocycles.